The first-order valence-corrected chi connectivity index (χ1v) is 8.38. The summed E-state index contributed by atoms with van der Waals surface area (Å²) in [5, 5.41) is 3.07. The molecular formula is C19H22FN3O. The highest BCUT2D eigenvalue weighted by Crippen LogP contribution is 2.24. The van der Waals surface area contributed by atoms with E-state index < -0.39 is 0 Å². The second kappa shape index (κ2) is 7.53. The molecule has 126 valence electrons. The molecule has 2 aromatic rings. The topological polar surface area (TPSA) is 68.0 Å². The highest BCUT2D eigenvalue weighted by Gasteiger charge is 2.22. The van der Waals surface area contributed by atoms with E-state index >= 15 is 0 Å². The Balaban J connectivity index is 1.65. The number of hydrogen-bond acceptors (Lipinski definition) is 3. The van der Waals surface area contributed by atoms with Crippen LogP contribution in [0.4, 0.5) is 4.39 Å². The third-order valence-electron chi connectivity index (χ3n) is 4.60. The van der Waals surface area contributed by atoms with Gasteiger partial charge in [-0.05, 0) is 56.0 Å². The summed E-state index contributed by atoms with van der Waals surface area (Å²) >= 11 is 0. The summed E-state index contributed by atoms with van der Waals surface area (Å²) < 4.78 is 13.3. The fourth-order valence-corrected chi connectivity index (χ4v) is 3.25. The lowest BCUT2D eigenvalue weighted by Gasteiger charge is -2.28. The standard InChI is InChI=1S/C19H22FN3O/c20-16-5-2-4-14(10-16)18-8-7-15(12-22-18)19(24)23-17-6-1-3-13(9-17)11-21/h2,4-5,7-8,10,12-13,17H,1,3,6,9,11,21H2,(H,23,24)/t13-,17+/m0/s1. The van der Waals surface area contributed by atoms with Gasteiger partial charge in [0.25, 0.3) is 5.91 Å². The van der Waals surface area contributed by atoms with Gasteiger partial charge in [0, 0.05) is 17.8 Å². The van der Waals surface area contributed by atoms with E-state index in [0.29, 0.717) is 29.3 Å². The molecule has 3 rings (SSSR count). The number of halogens is 1. The van der Waals surface area contributed by atoms with Crippen LogP contribution in [0.15, 0.2) is 42.6 Å². The molecule has 1 amide bonds. The number of benzene rings is 1. The number of carbonyl (C=O) groups excluding carboxylic acids is 1. The normalized spacial score (nSPS) is 20.6. The van der Waals surface area contributed by atoms with Crippen molar-refractivity contribution in [2.24, 2.45) is 11.7 Å². The lowest BCUT2D eigenvalue weighted by Crippen LogP contribution is -2.39. The van der Waals surface area contributed by atoms with Crippen molar-refractivity contribution in [1.29, 1.82) is 0 Å². The fourth-order valence-electron chi connectivity index (χ4n) is 3.25. The number of aromatic nitrogens is 1. The van der Waals surface area contributed by atoms with E-state index in [1.807, 2.05) is 0 Å². The average molecular weight is 327 g/mol. The first kappa shape index (κ1) is 16.6. The molecule has 0 bridgehead atoms. The number of rotatable bonds is 4. The van der Waals surface area contributed by atoms with Crippen LogP contribution in [-0.4, -0.2) is 23.5 Å². The van der Waals surface area contributed by atoms with Gasteiger partial charge < -0.3 is 11.1 Å². The molecule has 1 heterocycles. The Kier molecular flexibility index (Phi) is 5.20. The molecule has 1 aromatic carbocycles. The minimum Gasteiger partial charge on any atom is -0.349 e. The predicted molar refractivity (Wildman–Crippen MR) is 91.9 cm³/mol. The van der Waals surface area contributed by atoms with E-state index in [0.717, 1.165) is 25.7 Å². The zero-order valence-electron chi connectivity index (χ0n) is 13.5. The number of nitrogens with two attached hydrogens (primary N) is 1. The largest absolute Gasteiger partial charge is 0.349 e. The third-order valence-corrected chi connectivity index (χ3v) is 4.60. The molecular weight excluding hydrogens is 305 g/mol. The summed E-state index contributed by atoms with van der Waals surface area (Å²) in [5.41, 5.74) is 7.60. The van der Waals surface area contributed by atoms with Crippen LogP contribution in [0.5, 0.6) is 0 Å². The second-order valence-corrected chi connectivity index (χ2v) is 6.38. The SMILES string of the molecule is NC[C@H]1CCC[C@@H](NC(=O)c2ccc(-c3cccc(F)c3)nc2)C1. The van der Waals surface area contributed by atoms with Gasteiger partial charge in [-0.25, -0.2) is 4.39 Å². The van der Waals surface area contributed by atoms with Gasteiger partial charge in [-0.2, -0.15) is 0 Å². The number of nitrogens with one attached hydrogen (secondary N) is 1. The molecule has 24 heavy (non-hydrogen) atoms. The number of pyridine rings is 1. The van der Waals surface area contributed by atoms with E-state index in [9.17, 15) is 9.18 Å². The monoisotopic (exact) mass is 327 g/mol. The molecule has 0 radical (unpaired) electrons. The molecule has 4 nitrogen and oxygen atoms in total. The van der Waals surface area contributed by atoms with Crippen LogP contribution in [0.25, 0.3) is 11.3 Å². The maximum Gasteiger partial charge on any atom is 0.253 e. The lowest BCUT2D eigenvalue weighted by atomic mass is 9.85. The van der Waals surface area contributed by atoms with Crippen LogP contribution < -0.4 is 11.1 Å². The highest BCUT2D eigenvalue weighted by atomic mass is 19.1. The molecule has 1 saturated carbocycles. The van der Waals surface area contributed by atoms with Crippen molar-refractivity contribution in [3.05, 3.63) is 54.0 Å². The Labute approximate surface area is 141 Å². The molecule has 0 saturated heterocycles. The third kappa shape index (κ3) is 3.97. The van der Waals surface area contributed by atoms with Crippen LogP contribution in [0.1, 0.15) is 36.0 Å². The van der Waals surface area contributed by atoms with Gasteiger partial charge in [-0.1, -0.05) is 18.6 Å². The van der Waals surface area contributed by atoms with Crippen LogP contribution in [-0.2, 0) is 0 Å². The number of hydrogen-bond donors (Lipinski definition) is 2. The fraction of sp³-hybridized carbons (Fsp3) is 0.368. The Morgan fingerprint density at radius 1 is 1.29 bits per heavy atom. The lowest BCUT2D eigenvalue weighted by molar-refractivity contribution is 0.0920. The maximum absolute atomic E-state index is 13.3. The van der Waals surface area contributed by atoms with E-state index in [4.69, 9.17) is 5.73 Å². The Morgan fingerprint density at radius 2 is 2.17 bits per heavy atom. The van der Waals surface area contributed by atoms with Crippen molar-refractivity contribution in [3.8, 4) is 11.3 Å². The summed E-state index contributed by atoms with van der Waals surface area (Å²) in [5.74, 6) is 0.0800. The van der Waals surface area contributed by atoms with Crippen LogP contribution >= 0.6 is 0 Å². The molecule has 0 unspecified atom stereocenters. The van der Waals surface area contributed by atoms with E-state index in [1.165, 1.54) is 12.1 Å². The quantitative estimate of drug-likeness (QED) is 0.906. The summed E-state index contributed by atoms with van der Waals surface area (Å²) in [6, 6.07) is 9.91. The van der Waals surface area contributed by atoms with Crippen LogP contribution in [0, 0.1) is 11.7 Å². The van der Waals surface area contributed by atoms with Gasteiger partial charge in [0.05, 0.1) is 11.3 Å². The van der Waals surface area contributed by atoms with Gasteiger partial charge in [0.2, 0.25) is 0 Å². The zero-order chi connectivity index (χ0) is 16.9. The summed E-state index contributed by atoms with van der Waals surface area (Å²) in [6.45, 7) is 0.677. The Morgan fingerprint density at radius 3 is 2.88 bits per heavy atom. The first-order valence-electron chi connectivity index (χ1n) is 8.38. The highest BCUT2D eigenvalue weighted by molar-refractivity contribution is 5.94. The average Bonchev–Trinajstić information content (AvgIpc) is 2.62. The van der Waals surface area contributed by atoms with Gasteiger partial charge in [0.15, 0.2) is 0 Å². The number of carbonyl (C=O) groups is 1. The van der Waals surface area contributed by atoms with Crippen molar-refractivity contribution in [3.63, 3.8) is 0 Å². The van der Waals surface area contributed by atoms with Gasteiger partial charge in [0.1, 0.15) is 5.82 Å². The molecule has 3 N–H and O–H groups in total. The Hall–Kier alpha value is -2.27. The minimum absolute atomic E-state index is 0.115. The first-order chi connectivity index (χ1) is 11.7. The molecule has 0 spiro atoms. The number of amides is 1. The van der Waals surface area contributed by atoms with Crippen molar-refractivity contribution in [1.82, 2.24) is 10.3 Å². The smallest absolute Gasteiger partial charge is 0.253 e. The maximum atomic E-state index is 13.3. The summed E-state index contributed by atoms with van der Waals surface area (Å²) in [6.07, 6.45) is 5.73. The summed E-state index contributed by atoms with van der Waals surface area (Å²) in [7, 11) is 0. The molecule has 1 fully saturated rings. The van der Waals surface area contributed by atoms with Gasteiger partial charge in [-0.15, -0.1) is 0 Å². The Bertz CT molecular complexity index is 702. The number of nitrogens with zero attached hydrogens (tertiary/aromatic N) is 1. The molecule has 1 aliphatic rings. The van der Waals surface area contributed by atoms with Crippen LogP contribution in [0.2, 0.25) is 0 Å². The van der Waals surface area contributed by atoms with Crippen molar-refractivity contribution in [2.75, 3.05) is 6.54 Å². The summed E-state index contributed by atoms with van der Waals surface area (Å²) in [4.78, 5) is 16.7. The molecule has 5 heteroatoms. The molecule has 0 aliphatic heterocycles. The molecule has 1 aromatic heterocycles. The minimum atomic E-state index is -0.303. The molecule has 1 aliphatic carbocycles. The van der Waals surface area contributed by atoms with E-state index in [1.54, 1.807) is 30.5 Å². The predicted octanol–water partition coefficient (Wildman–Crippen LogP) is 3.14. The molecule has 2 atom stereocenters. The van der Waals surface area contributed by atoms with Crippen LogP contribution in [0.3, 0.4) is 0 Å². The van der Waals surface area contributed by atoms with Gasteiger partial charge >= 0.3 is 0 Å². The van der Waals surface area contributed by atoms with Crippen molar-refractivity contribution < 1.29 is 9.18 Å². The second-order valence-electron chi connectivity index (χ2n) is 6.38. The van der Waals surface area contributed by atoms with E-state index in [2.05, 4.69) is 10.3 Å². The van der Waals surface area contributed by atoms with Crippen molar-refractivity contribution in [2.45, 2.75) is 31.7 Å². The van der Waals surface area contributed by atoms with Crippen molar-refractivity contribution >= 4 is 5.91 Å². The van der Waals surface area contributed by atoms with E-state index in [-0.39, 0.29) is 17.8 Å². The van der Waals surface area contributed by atoms with Gasteiger partial charge in [-0.3, -0.25) is 9.78 Å². The zero-order valence-corrected chi connectivity index (χ0v) is 13.5.